The van der Waals surface area contributed by atoms with Crippen LogP contribution in [0.3, 0.4) is 0 Å². The number of nitrogens with zero attached hydrogens (tertiary/aromatic N) is 5. The summed E-state index contributed by atoms with van der Waals surface area (Å²) in [6, 6.07) is 7.87. The predicted molar refractivity (Wildman–Crippen MR) is 103 cm³/mol. The molecule has 0 radical (unpaired) electrons. The Morgan fingerprint density at radius 1 is 1.26 bits per heavy atom. The summed E-state index contributed by atoms with van der Waals surface area (Å²) in [5.74, 6) is 1.92. The number of rotatable bonds is 5. The third kappa shape index (κ3) is 3.75. The maximum absolute atomic E-state index is 10.0. The number of anilines is 1. The Morgan fingerprint density at radius 3 is 2.81 bits per heavy atom. The number of aliphatic hydroxyl groups excluding tert-OH is 1. The Kier molecular flexibility index (Phi) is 5.22. The van der Waals surface area contributed by atoms with Crippen molar-refractivity contribution in [3.05, 3.63) is 42.5 Å². The van der Waals surface area contributed by atoms with Crippen LogP contribution in [0.25, 0.3) is 0 Å². The monoisotopic (exact) mass is 369 g/mol. The zero-order valence-corrected chi connectivity index (χ0v) is 15.8. The highest BCUT2D eigenvalue weighted by Gasteiger charge is 2.47. The van der Waals surface area contributed by atoms with E-state index in [0.29, 0.717) is 11.8 Å². The number of ether oxygens (including phenoxy) is 1. The molecular weight excluding hydrogens is 342 g/mol. The van der Waals surface area contributed by atoms with Crippen molar-refractivity contribution in [1.29, 1.82) is 0 Å². The van der Waals surface area contributed by atoms with Crippen LogP contribution in [0.4, 0.5) is 5.82 Å². The molecule has 27 heavy (non-hydrogen) atoms. The minimum atomic E-state index is 0.165. The summed E-state index contributed by atoms with van der Waals surface area (Å²) in [6.45, 7) is 4.94. The van der Waals surface area contributed by atoms with Gasteiger partial charge in [-0.1, -0.05) is 6.07 Å². The van der Waals surface area contributed by atoms with Gasteiger partial charge in [-0.3, -0.25) is 4.90 Å². The zero-order chi connectivity index (χ0) is 18.7. The fourth-order valence-electron chi connectivity index (χ4n) is 4.54. The summed E-state index contributed by atoms with van der Waals surface area (Å²) < 4.78 is 5.23. The molecule has 144 valence electrons. The van der Waals surface area contributed by atoms with Crippen LogP contribution < -0.4 is 9.64 Å². The second kappa shape index (κ2) is 7.78. The molecule has 1 unspecified atom stereocenters. The maximum atomic E-state index is 10.0. The molecule has 2 aliphatic rings. The van der Waals surface area contributed by atoms with Gasteiger partial charge < -0.3 is 14.7 Å². The Morgan fingerprint density at radius 2 is 2.11 bits per heavy atom. The van der Waals surface area contributed by atoms with Crippen LogP contribution in [-0.2, 0) is 6.54 Å². The first-order chi connectivity index (χ1) is 13.2. The molecule has 0 aliphatic carbocycles. The molecule has 2 aromatic heterocycles. The molecule has 4 heterocycles. The van der Waals surface area contributed by atoms with E-state index in [-0.39, 0.29) is 12.0 Å². The van der Waals surface area contributed by atoms with Gasteiger partial charge in [0.2, 0.25) is 5.88 Å². The van der Waals surface area contributed by atoms with Crippen molar-refractivity contribution in [2.24, 2.45) is 11.3 Å². The van der Waals surface area contributed by atoms with Crippen LogP contribution in [0.1, 0.15) is 18.5 Å². The lowest BCUT2D eigenvalue weighted by atomic mass is 9.71. The number of pyridine rings is 1. The lowest BCUT2D eigenvalue weighted by Crippen LogP contribution is -2.44. The Balaban J connectivity index is 1.41. The molecule has 2 aromatic rings. The van der Waals surface area contributed by atoms with E-state index in [4.69, 9.17) is 4.74 Å². The standard InChI is InChI=1S/C20H27N5O2/c1-27-19-4-2-3-17(23-19)12-24-9-6-20(7-10-24)14-25(11-16(20)13-26)18-5-8-21-15-22-18/h2-5,8,15-16,26H,6-7,9-14H2,1H3. The quantitative estimate of drug-likeness (QED) is 0.858. The first kappa shape index (κ1) is 18.1. The van der Waals surface area contributed by atoms with Crippen molar-refractivity contribution >= 4 is 5.82 Å². The molecule has 0 bridgehead atoms. The minimum Gasteiger partial charge on any atom is -0.481 e. The van der Waals surface area contributed by atoms with Crippen molar-refractivity contribution in [3.63, 3.8) is 0 Å². The van der Waals surface area contributed by atoms with Gasteiger partial charge in [0, 0.05) is 44.4 Å². The topological polar surface area (TPSA) is 74.6 Å². The van der Waals surface area contributed by atoms with Gasteiger partial charge in [0.15, 0.2) is 0 Å². The van der Waals surface area contributed by atoms with E-state index in [1.54, 1.807) is 19.6 Å². The molecule has 2 saturated heterocycles. The highest BCUT2D eigenvalue weighted by Crippen LogP contribution is 2.45. The first-order valence-corrected chi connectivity index (χ1v) is 9.56. The second-order valence-corrected chi connectivity index (χ2v) is 7.64. The molecule has 4 rings (SSSR count). The van der Waals surface area contributed by atoms with Crippen molar-refractivity contribution in [2.45, 2.75) is 19.4 Å². The van der Waals surface area contributed by atoms with E-state index in [2.05, 4.69) is 30.8 Å². The van der Waals surface area contributed by atoms with E-state index in [0.717, 1.165) is 57.1 Å². The zero-order valence-electron chi connectivity index (χ0n) is 15.8. The molecular formula is C20H27N5O2. The van der Waals surface area contributed by atoms with Gasteiger partial charge in [-0.05, 0) is 43.5 Å². The third-order valence-electron chi connectivity index (χ3n) is 6.15. The number of likely N-dealkylation sites (tertiary alicyclic amines) is 1. The van der Waals surface area contributed by atoms with E-state index < -0.39 is 0 Å². The largest absolute Gasteiger partial charge is 0.481 e. The summed E-state index contributed by atoms with van der Waals surface area (Å²) >= 11 is 0. The van der Waals surface area contributed by atoms with Gasteiger partial charge >= 0.3 is 0 Å². The molecule has 7 nitrogen and oxygen atoms in total. The summed E-state index contributed by atoms with van der Waals surface area (Å²) in [5, 5.41) is 10.0. The Labute approximate surface area is 160 Å². The molecule has 0 amide bonds. The highest BCUT2D eigenvalue weighted by molar-refractivity contribution is 5.39. The smallest absolute Gasteiger partial charge is 0.213 e. The van der Waals surface area contributed by atoms with Crippen LogP contribution in [0.5, 0.6) is 5.88 Å². The summed E-state index contributed by atoms with van der Waals surface area (Å²) in [5.41, 5.74) is 1.20. The molecule has 7 heteroatoms. The molecule has 1 N–H and O–H groups in total. The SMILES string of the molecule is COc1cccc(CN2CCC3(CC2)CN(c2ccncn2)CC3CO)n1. The van der Waals surface area contributed by atoms with Gasteiger partial charge in [0.05, 0.1) is 12.8 Å². The Bertz CT molecular complexity index is 749. The van der Waals surface area contributed by atoms with Gasteiger partial charge in [-0.25, -0.2) is 15.0 Å². The van der Waals surface area contributed by atoms with E-state index in [1.807, 2.05) is 18.2 Å². The fourth-order valence-corrected chi connectivity index (χ4v) is 4.54. The minimum absolute atomic E-state index is 0.165. The normalized spacial score (nSPS) is 22.3. The molecule has 1 atom stereocenters. The lowest BCUT2D eigenvalue weighted by molar-refractivity contribution is 0.0501. The van der Waals surface area contributed by atoms with Crippen molar-refractivity contribution in [2.75, 3.05) is 44.8 Å². The summed E-state index contributed by atoms with van der Waals surface area (Å²) in [6.07, 6.45) is 5.55. The molecule has 2 fully saturated rings. The molecule has 1 spiro atoms. The van der Waals surface area contributed by atoms with Gasteiger partial charge in [0.25, 0.3) is 0 Å². The van der Waals surface area contributed by atoms with Gasteiger partial charge in [-0.2, -0.15) is 0 Å². The van der Waals surface area contributed by atoms with Crippen LogP contribution in [0, 0.1) is 11.3 Å². The van der Waals surface area contributed by atoms with Gasteiger partial charge in [0.1, 0.15) is 12.1 Å². The number of methoxy groups -OCH3 is 1. The summed E-state index contributed by atoms with van der Waals surface area (Å²) in [4.78, 5) is 17.7. The lowest BCUT2D eigenvalue weighted by Gasteiger charge is -2.42. The maximum Gasteiger partial charge on any atom is 0.213 e. The number of aliphatic hydroxyl groups is 1. The highest BCUT2D eigenvalue weighted by atomic mass is 16.5. The Hall–Kier alpha value is -2.25. The van der Waals surface area contributed by atoms with E-state index in [1.165, 1.54) is 0 Å². The number of hydrogen-bond acceptors (Lipinski definition) is 7. The average molecular weight is 369 g/mol. The van der Waals surface area contributed by atoms with Crippen LogP contribution in [-0.4, -0.2) is 64.9 Å². The number of piperidine rings is 1. The van der Waals surface area contributed by atoms with Crippen molar-refractivity contribution in [3.8, 4) is 5.88 Å². The number of aromatic nitrogens is 3. The van der Waals surface area contributed by atoms with E-state index >= 15 is 0 Å². The molecule has 2 aliphatic heterocycles. The third-order valence-corrected chi connectivity index (χ3v) is 6.15. The van der Waals surface area contributed by atoms with Crippen molar-refractivity contribution in [1.82, 2.24) is 19.9 Å². The van der Waals surface area contributed by atoms with Crippen LogP contribution in [0.2, 0.25) is 0 Å². The predicted octanol–water partition coefficient (Wildman–Crippen LogP) is 1.59. The summed E-state index contributed by atoms with van der Waals surface area (Å²) in [7, 11) is 1.65. The fraction of sp³-hybridized carbons (Fsp3) is 0.550. The molecule has 0 saturated carbocycles. The molecule has 0 aromatic carbocycles. The van der Waals surface area contributed by atoms with Gasteiger partial charge in [-0.15, -0.1) is 0 Å². The van der Waals surface area contributed by atoms with Crippen LogP contribution >= 0.6 is 0 Å². The van der Waals surface area contributed by atoms with Crippen LogP contribution in [0.15, 0.2) is 36.8 Å². The number of hydrogen-bond donors (Lipinski definition) is 1. The van der Waals surface area contributed by atoms with E-state index in [9.17, 15) is 5.11 Å². The average Bonchev–Trinajstić information content (AvgIpc) is 3.09. The first-order valence-electron chi connectivity index (χ1n) is 9.56. The van der Waals surface area contributed by atoms with Crippen molar-refractivity contribution < 1.29 is 9.84 Å². The second-order valence-electron chi connectivity index (χ2n) is 7.64.